The monoisotopic (exact) mass is 282 g/mol. The summed E-state index contributed by atoms with van der Waals surface area (Å²) in [5.41, 5.74) is 0. The maximum Gasteiger partial charge on any atom is 0.308 e. The zero-order chi connectivity index (χ0) is 15.3. The van der Waals surface area contributed by atoms with E-state index in [1.165, 1.54) is 40.0 Å². The van der Waals surface area contributed by atoms with Crippen LogP contribution in [-0.2, 0) is 14.4 Å². The Kier molecular flexibility index (Phi) is 5.08. The SMILES string of the molecule is COc1cc(OC(C)=O)cc(OC(C)=O)c1OC(C)=O. The van der Waals surface area contributed by atoms with Crippen molar-refractivity contribution in [3.05, 3.63) is 12.1 Å². The van der Waals surface area contributed by atoms with Crippen LogP contribution >= 0.6 is 0 Å². The molecule has 20 heavy (non-hydrogen) atoms. The lowest BCUT2D eigenvalue weighted by atomic mass is 10.2. The van der Waals surface area contributed by atoms with Crippen LogP contribution in [0.1, 0.15) is 20.8 Å². The molecule has 0 N–H and O–H groups in total. The second-order valence-electron chi connectivity index (χ2n) is 3.73. The third-order valence-electron chi connectivity index (χ3n) is 1.98. The van der Waals surface area contributed by atoms with Gasteiger partial charge in [0.05, 0.1) is 7.11 Å². The Balaban J connectivity index is 3.33. The van der Waals surface area contributed by atoms with Gasteiger partial charge in [-0.05, 0) is 0 Å². The number of esters is 3. The van der Waals surface area contributed by atoms with E-state index >= 15 is 0 Å². The quantitative estimate of drug-likeness (QED) is 0.610. The Morgan fingerprint density at radius 2 is 1.30 bits per heavy atom. The van der Waals surface area contributed by atoms with E-state index in [1.807, 2.05) is 0 Å². The number of benzene rings is 1. The topological polar surface area (TPSA) is 88.1 Å². The number of carbonyl (C=O) groups excluding carboxylic acids is 3. The molecule has 1 rings (SSSR count). The number of methoxy groups -OCH3 is 1. The van der Waals surface area contributed by atoms with Crippen LogP contribution in [0.25, 0.3) is 0 Å². The second kappa shape index (κ2) is 6.55. The molecule has 0 heterocycles. The summed E-state index contributed by atoms with van der Waals surface area (Å²) >= 11 is 0. The molecular weight excluding hydrogens is 268 g/mol. The molecule has 0 aliphatic rings. The zero-order valence-electron chi connectivity index (χ0n) is 11.5. The van der Waals surface area contributed by atoms with Gasteiger partial charge in [-0.15, -0.1) is 0 Å². The van der Waals surface area contributed by atoms with Crippen LogP contribution in [0.3, 0.4) is 0 Å². The van der Waals surface area contributed by atoms with Gasteiger partial charge in [0.15, 0.2) is 11.5 Å². The number of ether oxygens (including phenoxy) is 4. The molecule has 0 atom stereocenters. The highest BCUT2D eigenvalue weighted by molar-refractivity contribution is 5.77. The lowest BCUT2D eigenvalue weighted by Crippen LogP contribution is -2.09. The molecule has 0 bridgehead atoms. The van der Waals surface area contributed by atoms with Crippen LogP contribution < -0.4 is 18.9 Å². The first-order valence-corrected chi connectivity index (χ1v) is 5.60. The summed E-state index contributed by atoms with van der Waals surface area (Å²) in [5, 5.41) is 0. The largest absolute Gasteiger partial charge is 0.493 e. The smallest absolute Gasteiger partial charge is 0.308 e. The minimum atomic E-state index is -0.625. The molecule has 0 amide bonds. The molecule has 0 fully saturated rings. The summed E-state index contributed by atoms with van der Waals surface area (Å²) in [6, 6.07) is 2.59. The predicted octanol–water partition coefficient (Wildman–Crippen LogP) is 1.47. The Bertz CT molecular complexity index is 548. The van der Waals surface area contributed by atoms with E-state index in [9.17, 15) is 14.4 Å². The molecule has 0 spiro atoms. The minimum absolute atomic E-state index is 0.0638. The number of hydrogen-bond acceptors (Lipinski definition) is 7. The molecule has 0 saturated carbocycles. The maximum atomic E-state index is 11.1. The number of rotatable bonds is 4. The van der Waals surface area contributed by atoms with Gasteiger partial charge in [-0.1, -0.05) is 0 Å². The van der Waals surface area contributed by atoms with E-state index in [0.717, 1.165) is 0 Å². The Hall–Kier alpha value is -2.57. The normalized spacial score (nSPS) is 9.60. The van der Waals surface area contributed by atoms with Crippen molar-refractivity contribution >= 4 is 17.9 Å². The summed E-state index contributed by atoms with van der Waals surface area (Å²) < 4.78 is 19.8. The second-order valence-corrected chi connectivity index (χ2v) is 3.73. The van der Waals surface area contributed by atoms with E-state index < -0.39 is 17.9 Å². The summed E-state index contributed by atoms with van der Waals surface area (Å²) in [7, 11) is 1.33. The van der Waals surface area contributed by atoms with Crippen molar-refractivity contribution in [3.8, 4) is 23.0 Å². The van der Waals surface area contributed by atoms with Crippen molar-refractivity contribution in [2.45, 2.75) is 20.8 Å². The van der Waals surface area contributed by atoms with Gasteiger partial charge in [0.25, 0.3) is 0 Å². The lowest BCUT2D eigenvalue weighted by Gasteiger charge is -2.14. The van der Waals surface area contributed by atoms with Gasteiger partial charge in [0, 0.05) is 32.9 Å². The average Bonchev–Trinajstić information content (AvgIpc) is 2.30. The van der Waals surface area contributed by atoms with Crippen LogP contribution in [0.2, 0.25) is 0 Å². The first-order valence-electron chi connectivity index (χ1n) is 5.60. The van der Waals surface area contributed by atoms with Gasteiger partial charge in [-0.2, -0.15) is 0 Å². The molecule has 0 aromatic heterocycles. The number of carbonyl (C=O) groups is 3. The maximum absolute atomic E-state index is 11.1. The average molecular weight is 282 g/mol. The summed E-state index contributed by atoms with van der Waals surface area (Å²) in [6.45, 7) is 3.59. The van der Waals surface area contributed by atoms with E-state index in [-0.39, 0.29) is 23.0 Å². The van der Waals surface area contributed by atoms with E-state index in [1.54, 1.807) is 0 Å². The third-order valence-corrected chi connectivity index (χ3v) is 1.98. The van der Waals surface area contributed by atoms with Crippen molar-refractivity contribution in [3.63, 3.8) is 0 Å². The third kappa shape index (κ3) is 4.27. The van der Waals surface area contributed by atoms with Crippen molar-refractivity contribution < 1.29 is 33.3 Å². The molecule has 7 nitrogen and oxygen atoms in total. The van der Waals surface area contributed by atoms with Crippen LogP contribution in [0, 0.1) is 0 Å². The first kappa shape index (κ1) is 15.5. The van der Waals surface area contributed by atoms with Crippen LogP contribution in [0.15, 0.2) is 12.1 Å². The summed E-state index contributed by atoms with van der Waals surface area (Å²) in [4.78, 5) is 33.1. The van der Waals surface area contributed by atoms with Gasteiger partial charge in [0.1, 0.15) is 5.75 Å². The summed E-state index contributed by atoms with van der Waals surface area (Å²) in [5.74, 6) is -1.75. The molecule has 0 saturated heterocycles. The predicted molar refractivity (Wildman–Crippen MR) is 66.9 cm³/mol. The van der Waals surface area contributed by atoms with E-state index in [0.29, 0.717) is 0 Å². The first-order chi connectivity index (χ1) is 9.33. The fourth-order valence-electron chi connectivity index (χ4n) is 1.40. The molecular formula is C13H14O7. The van der Waals surface area contributed by atoms with Crippen molar-refractivity contribution in [1.82, 2.24) is 0 Å². The molecule has 7 heteroatoms. The Morgan fingerprint density at radius 1 is 0.800 bits per heavy atom. The Labute approximate surface area is 115 Å². The van der Waals surface area contributed by atoms with Crippen molar-refractivity contribution in [2.75, 3.05) is 7.11 Å². The molecule has 108 valence electrons. The molecule has 0 radical (unpaired) electrons. The molecule has 0 aliphatic carbocycles. The van der Waals surface area contributed by atoms with Crippen LogP contribution in [0.5, 0.6) is 23.0 Å². The van der Waals surface area contributed by atoms with E-state index in [4.69, 9.17) is 18.9 Å². The fraction of sp³-hybridized carbons (Fsp3) is 0.308. The van der Waals surface area contributed by atoms with Gasteiger partial charge < -0.3 is 18.9 Å². The highest BCUT2D eigenvalue weighted by Gasteiger charge is 2.19. The van der Waals surface area contributed by atoms with Crippen molar-refractivity contribution in [2.24, 2.45) is 0 Å². The molecule has 0 unspecified atom stereocenters. The minimum Gasteiger partial charge on any atom is -0.493 e. The van der Waals surface area contributed by atoms with Crippen LogP contribution in [0.4, 0.5) is 0 Å². The molecule has 1 aromatic carbocycles. The van der Waals surface area contributed by atoms with Gasteiger partial charge >= 0.3 is 17.9 Å². The lowest BCUT2D eigenvalue weighted by molar-refractivity contribution is -0.134. The highest BCUT2D eigenvalue weighted by atomic mass is 16.6. The highest BCUT2D eigenvalue weighted by Crippen LogP contribution is 2.41. The zero-order valence-corrected chi connectivity index (χ0v) is 11.5. The van der Waals surface area contributed by atoms with Gasteiger partial charge in [0.2, 0.25) is 5.75 Å². The van der Waals surface area contributed by atoms with Crippen LogP contribution in [-0.4, -0.2) is 25.0 Å². The fourth-order valence-corrected chi connectivity index (χ4v) is 1.40. The number of hydrogen-bond donors (Lipinski definition) is 0. The van der Waals surface area contributed by atoms with Crippen molar-refractivity contribution in [1.29, 1.82) is 0 Å². The molecule has 1 aromatic rings. The molecule has 0 aliphatic heterocycles. The van der Waals surface area contributed by atoms with Gasteiger partial charge in [-0.25, -0.2) is 0 Å². The van der Waals surface area contributed by atoms with E-state index in [2.05, 4.69) is 0 Å². The van der Waals surface area contributed by atoms with Gasteiger partial charge in [-0.3, -0.25) is 14.4 Å². The summed E-state index contributed by atoms with van der Waals surface area (Å²) in [6.07, 6.45) is 0. The standard InChI is InChI=1S/C13H14O7/c1-7(14)18-10-5-11(17-4)13(20-9(3)16)12(6-10)19-8(2)15/h5-6H,1-4H3. The Morgan fingerprint density at radius 3 is 1.75 bits per heavy atom.